The number of aromatic nitrogens is 3. The van der Waals surface area contributed by atoms with Crippen LogP contribution in [-0.2, 0) is 0 Å². The maximum Gasteiger partial charge on any atom is 0.222 e. The van der Waals surface area contributed by atoms with Crippen molar-refractivity contribution in [3.05, 3.63) is 64.9 Å². The quantitative estimate of drug-likeness (QED) is 0.749. The van der Waals surface area contributed by atoms with Gasteiger partial charge < -0.3 is 14.8 Å². The lowest BCUT2D eigenvalue weighted by molar-refractivity contribution is 0.352. The summed E-state index contributed by atoms with van der Waals surface area (Å²) >= 11 is 6.03. The van der Waals surface area contributed by atoms with Crippen molar-refractivity contribution in [1.82, 2.24) is 14.8 Å². The lowest BCUT2D eigenvalue weighted by Gasteiger charge is -2.32. The number of hydrogen-bond donors (Lipinski definition) is 1. The van der Waals surface area contributed by atoms with Crippen molar-refractivity contribution in [1.29, 1.82) is 0 Å². The monoisotopic (exact) mass is 370 g/mol. The van der Waals surface area contributed by atoms with Gasteiger partial charge in [-0.05, 0) is 41.8 Å². The number of halogens is 1. The highest BCUT2D eigenvalue weighted by atomic mass is 35.5. The van der Waals surface area contributed by atoms with E-state index in [4.69, 9.17) is 21.1 Å². The van der Waals surface area contributed by atoms with Crippen LogP contribution in [-0.4, -0.2) is 29.0 Å². The molecule has 3 aromatic rings. The van der Waals surface area contributed by atoms with Gasteiger partial charge in [0.1, 0.15) is 6.33 Å². The molecule has 0 unspecified atom stereocenters. The Balaban J connectivity index is 1.72. The van der Waals surface area contributed by atoms with Gasteiger partial charge in [-0.25, -0.2) is 4.68 Å². The first-order valence-corrected chi connectivity index (χ1v) is 8.71. The fourth-order valence-corrected chi connectivity index (χ4v) is 3.50. The summed E-state index contributed by atoms with van der Waals surface area (Å²) in [6, 6.07) is 14.0. The molecule has 4 rings (SSSR count). The molecule has 6 nitrogen and oxygen atoms in total. The number of nitrogens with one attached hydrogen (secondary N) is 1. The molecule has 26 heavy (non-hydrogen) atoms. The van der Waals surface area contributed by atoms with Gasteiger partial charge in [0.05, 0.1) is 26.3 Å². The van der Waals surface area contributed by atoms with Crippen molar-refractivity contribution in [2.45, 2.75) is 18.5 Å². The molecule has 1 aliphatic heterocycles. The maximum absolute atomic E-state index is 6.03. The molecule has 2 heterocycles. The van der Waals surface area contributed by atoms with Crippen LogP contribution in [0.2, 0.25) is 5.02 Å². The first-order chi connectivity index (χ1) is 12.7. The third-order valence-corrected chi connectivity index (χ3v) is 4.95. The highest BCUT2D eigenvalue weighted by Crippen LogP contribution is 2.40. The van der Waals surface area contributed by atoms with Crippen LogP contribution in [0.15, 0.2) is 48.8 Å². The summed E-state index contributed by atoms with van der Waals surface area (Å²) in [5.74, 6) is 2.16. The standard InChI is InChI=1S/C19H19ClN4O2/c1-25-17-8-5-13(9-18(17)26-2)16-10-15(12-3-6-14(20)7-4-12)23-19-21-11-22-24(16)19/h3-9,11,15-16H,10H2,1-2H3,(H,21,22,23)/t15-,16-/m0/s1. The smallest absolute Gasteiger partial charge is 0.222 e. The van der Waals surface area contributed by atoms with Crippen LogP contribution >= 0.6 is 11.6 Å². The Morgan fingerprint density at radius 3 is 2.50 bits per heavy atom. The molecule has 0 saturated heterocycles. The van der Waals surface area contributed by atoms with Gasteiger partial charge in [-0.3, -0.25) is 0 Å². The van der Waals surface area contributed by atoms with Crippen molar-refractivity contribution in [2.75, 3.05) is 19.5 Å². The van der Waals surface area contributed by atoms with Crippen LogP contribution in [0.5, 0.6) is 11.5 Å². The molecule has 7 heteroatoms. The molecule has 0 fully saturated rings. The largest absolute Gasteiger partial charge is 0.493 e. The Labute approximate surface area is 156 Å². The summed E-state index contributed by atoms with van der Waals surface area (Å²) < 4.78 is 12.7. The molecular formula is C19H19ClN4O2. The molecule has 2 atom stereocenters. The van der Waals surface area contributed by atoms with Gasteiger partial charge in [-0.1, -0.05) is 29.8 Å². The summed E-state index contributed by atoms with van der Waals surface area (Å²) in [5, 5.41) is 8.58. The van der Waals surface area contributed by atoms with E-state index in [1.165, 1.54) is 0 Å². The van der Waals surface area contributed by atoms with Crippen molar-refractivity contribution in [3.63, 3.8) is 0 Å². The highest BCUT2D eigenvalue weighted by molar-refractivity contribution is 6.30. The predicted octanol–water partition coefficient (Wildman–Crippen LogP) is 4.10. The third kappa shape index (κ3) is 2.97. The SMILES string of the molecule is COc1ccc([C@@H]2C[C@@H](c3ccc(Cl)cc3)Nc3ncnn32)cc1OC. The molecule has 1 aromatic heterocycles. The highest BCUT2D eigenvalue weighted by Gasteiger charge is 2.30. The van der Waals surface area contributed by atoms with Gasteiger partial charge in [-0.15, -0.1) is 0 Å². The first kappa shape index (κ1) is 16.7. The topological polar surface area (TPSA) is 61.2 Å². The van der Waals surface area contributed by atoms with Crippen LogP contribution in [0.25, 0.3) is 0 Å². The molecular weight excluding hydrogens is 352 g/mol. The van der Waals surface area contributed by atoms with E-state index in [0.717, 1.165) is 28.5 Å². The van der Waals surface area contributed by atoms with Crippen molar-refractivity contribution in [2.24, 2.45) is 0 Å². The van der Waals surface area contributed by atoms with Crippen LogP contribution in [0.4, 0.5) is 5.95 Å². The van der Waals surface area contributed by atoms with E-state index in [0.29, 0.717) is 11.5 Å². The average Bonchev–Trinajstić information content (AvgIpc) is 3.16. The molecule has 0 radical (unpaired) electrons. The number of fused-ring (bicyclic) bond motifs is 1. The molecule has 0 saturated carbocycles. The predicted molar refractivity (Wildman–Crippen MR) is 100 cm³/mol. The van der Waals surface area contributed by atoms with E-state index in [9.17, 15) is 0 Å². The molecule has 0 aliphatic carbocycles. The molecule has 1 aliphatic rings. The lowest BCUT2D eigenvalue weighted by Crippen LogP contribution is -2.28. The number of rotatable bonds is 4. The van der Waals surface area contributed by atoms with Crippen LogP contribution < -0.4 is 14.8 Å². The normalized spacial score (nSPS) is 18.7. The maximum atomic E-state index is 6.03. The molecule has 0 amide bonds. The van der Waals surface area contributed by atoms with E-state index >= 15 is 0 Å². The van der Waals surface area contributed by atoms with Gasteiger partial charge in [0.2, 0.25) is 5.95 Å². The van der Waals surface area contributed by atoms with E-state index < -0.39 is 0 Å². The average molecular weight is 371 g/mol. The summed E-state index contributed by atoms with van der Waals surface area (Å²) in [7, 11) is 3.27. The third-order valence-electron chi connectivity index (χ3n) is 4.70. The van der Waals surface area contributed by atoms with Gasteiger partial charge in [-0.2, -0.15) is 10.1 Å². The second kappa shape index (κ2) is 6.88. The van der Waals surface area contributed by atoms with Crippen molar-refractivity contribution in [3.8, 4) is 11.5 Å². The number of nitrogens with zero attached hydrogens (tertiary/aromatic N) is 3. The second-order valence-electron chi connectivity index (χ2n) is 6.14. The zero-order valence-electron chi connectivity index (χ0n) is 14.5. The van der Waals surface area contributed by atoms with Crippen LogP contribution in [0.1, 0.15) is 29.6 Å². The Hall–Kier alpha value is -2.73. The summed E-state index contributed by atoms with van der Waals surface area (Å²) in [5.41, 5.74) is 2.25. The Morgan fingerprint density at radius 2 is 1.77 bits per heavy atom. The summed E-state index contributed by atoms with van der Waals surface area (Å²) in [4.78, 5) is 4.36. The second-order valence-corrected chi connectivity index (χ2v) is 6.58. The minimum Gasteiger partial charge on any atom is -0.493 e. The number of benzene rings is 2. The summed E-state index contributed by atoms with van der Waals surface area (Å²) in [6.45, 7) is 0. The number of hydrogen-bond acceptors (Lipinski definition) is 5. The fourth-order valence-electron chi connectivity index (χ4n) is 3.37. The lowest BCUT2D eigenvalue weighted by atomic mass is 9.93. The van der Waals surface area contributed by atoms with Gasteiger partial charge >= 0.3 is 0 Å². The van der Waals surface area contributed by atoms with Gasteiger partial charge in [0.25, 0.3) is 0 Å². The van der Waals surface area contributed by atoms with E-state index in [2.05, 4.69) is 15.4 Å². The minimum absolute atomic E-state index is 0.0363. The Kier molecular flexibility index (Phi) is 4.42. The van der Waals surface area contributed by atoms with Crippen LogP contribution in [0.3, 0.4) is 0 Å². The molecule has 2 aromatic carbocycles. The summed E-state index contributed by atoms with van der Waals surface area (Å²) in [6.07, 6.45) is 2.40. The molecule has 0 spiro atoms. The molecule has 0 bridgehead atoms. The Bertz CT molecular complexity index is 910. The molecule has 1 N–H and O–H groups in total. The first-order valence-electron chi connectivity index (χ1n) is 8.33. The number of anilines is 1. The van der Waals surface area contributed by atoms with Crippen LogP contribution in [0, 0.1) is 0 Å². The van der Waals surface area contributed by atoms with E-state index in [1.54, 1.807) is 20.5 Å². The minimum atomic E-state index is 0.0363. The molecule has 134 valence electrons. The Morgan fingerprint density at radius 1 is 1.04 bits per heavy atom. The fraction of sp³-hybridized carbons (Fsp3) is 0.263. The van der Waals surface area contributed by atoms with E-state index in [1.807, 2.05) is 47.1 Å². The van der Waals surface area contributed by atoms with Crippen molar-refractivity contribution < 1.29 is 9.47 Å². The van der Waals surface area contributed by atoms with Gasteiger partial charge in [0, 0.05) is 5.02 Å². The van der Waals surface area contributed by atoms with Gasteiger partial charge in [0.15, 0.2) is 11.5 Å². The zero-order chi connectivity index (χ0) is 18.1. The zero-order valence-corrected chi connectivity index (χ0v) is 15.3. The number of ether oxygens (including phenoxy) is 2. The van der Waals surface area contributed by atoms with Crippen molar-refractivity contribution >= 4 is 17.5 Å². The number of methoxy groups -OCH3 is 2. The van der Waals surface area contributed by atoms with E-state index in [-0.39, 0.29) is 12.1 Å².